The van der Waals surface area contributed by atoms with Crippen molar-refractivity contribution in [1.29, 1.82) is 0 Å². The highest BCUT2D eigenvalue weighted by atomic mass is 16.7. The maximum Gasteiger partial charge on any atom is 0.303 e. The van der Waals surface area contributed by atoms with Crippen LogP contribution < -0.4 is 10.5 Å². The Labute approximate surface area is 150 Å². The van der Waals surface area contributed by atoms with Gasteiger partial charge < -0.3 is 29.4 Å². The van der Waals surface area contributed by atoms with E-state index in [0.29, 0.717) is 11.4 Å². The van der Waals surface area contributed by atoms with Gasteiger partial charge in [-0.25, -0.2) is 0 Å². The minimum Gasteiger partial charge on any atom is -0.461 e. The predicted molar refractivity (Wildman–Crippen MR) is 87.9 cm³/mol. The topological polar surface area (TPSA) is 123 Å². The summed E-state index contributed by atoms with van der Waals surface area (Å²) in [6, 6.07) is 6.49. The molecule has 0 radical (unpaired) electrons. The van der Waals surface area contributed by atoms with Crippen molar-refractivity contribution in [2.45, 2.75) is 45.4 Å². The van der Waals surface area contributed by atoms with E-state index in [0.717, 1.165) is 0 Å². The van der Waals surface area contributed by atoms with Crippen molar-refractivity contribution in [2.24, 2.45) is 0 Å². The van der Waals surface area contributed by atoms with E-state index < -0.39 is 42.5 Å². The molecule has 2 N–H and O–H groups in total. The maximum atomic E-state index is 11.5. The van der Waals surface area contributed by atoms with Crippen LogP contribution in [-0.2, 0) is 33.3 Å². The van der Waals surface area contributed by atoms with E-state index >= 15 is 0 Å². The van der Waals surface area contributed by atoms with Crippen LogP contribution in [-0.4, -0.2) is 49.1 Å². The highest BCUT2D eigenvalue weighted by Gasteiger charge is 2.48. The van der Waals surface area contributed by atoms with Gasteiger partial charge in [-0.2, -0.15) is 0 Å². The third kappa shape index (κ3) is 5.35. The number of nitrogen functional groups attached to an aromatic ring is 1. The summed E-state index contributed by atoms with van der Waals surface area (Å²) in [5, 5.41) is 0. The number of benzene rings is 1. The monoisotopic (exact) mass is 367 g/mol. The van der Waals surface area contributed by atoms with Crippen LogP contribution in [0.25, 0.3) is 0 Å². The molecule has 0 aromatic heterocycles. The van der Waals surface area contributed by atoms with E-state index in [1.165, 1.54) is 20.8 Å². The number of anilines is 1. The molecule has 2 rings (SSSR count). The second kappa shape index (κ2) is 8.52. The van der Waals surface area contributed by atoms with Gasteiger partial charge in [0, 0.05) is 26.5 Å². The second-order valence-corrected chi connectivity index (χ2v) is 5.68. The van der Waals surface area contributed by atoms with Gasteiger partial charge >= 0.3 is 17.9 Å². The smallest absolute Gasteiger partial charge is 0.303 e. The van der Waals surface area contributed by atoms with Crippen LogP contribution in [0.5, 0.6) is 5.75 Å². The molecule has 0 saturated carbocycles. The van der Waals surface area contributed by atoms with Crippen LogP contribution in [0.1, 0.15) is 20.8 Å². The van der Waals surface area contributed by atoms with Gasteiger partial charge in [0.15, 0.2) is 12.2 Å². The van der Waals surface area contributed by atoms with Crippen LogP contribution >= 0.6 is 0 Å². The molecule has 1 aromatic carbocycles. The van der Waals surface area contributed by atoms with Crippen molar-refractivity contribution in [2.75, 3.05) is 12.3 Å². The molecule has 9 heteroatoms. The van der Waals surface area contributed by atoms with Crippen LogP contribution in [0.2, 0.25) is 0 Å². The molecule has 0 unspecified atom stereocenters. The Morgan fingerprint density at radius 3 is 2.00 bits per heavy atom. The summed E-state index contributed by atoms with van der Waals surface area (Å²) >= 11 is 0. The molecular formula is C17H21NO8. The number of rotatable bonds is 5. The van der Waals surface area contributed by atoms with Crippen LogP contribution in [0, 0.1) is 0 Å². The molecule has 0 bridgehead atoms. The molecule has 0 aliphatic carbocycles. The van der Waals surface area contributed by atoms with Crippen LogP contribution in [0.3, 0.4) is 0 Å². The molecule has 4 atom stereocenters. The molecule has 0 spiro atoms. The lowest BCUT2D eigenvalue weighted by atomic mass is 10.0. The van der Waals surface area contributed by atoms with E-state index in [2.05, 4.69) is 0 Å². The first-order valence-corrected chi connectivity index (χ1v) is 7.91. The Hall–Kier alpha value is -2.81. The van der Waals surface area contributed by atoms with Gasteiger partial charge in [0.2, 0.25) is 12.4 Å². The molecule has 9 nitrogen and oxygen atoms in total. The highest BCUT2D eigenvalue weighted by Crippen LogP contribution is 2.27. The van der Waals surface area contributed by atoms with Gasteiger partial charge in [-0.3, -0.25) is 14.4 Å². The predicted octanol–water partition coefficient (Wildman–Crippen LogP) is 0.799. The van der Waals surface area contributed by atoms with Gasteiger partial charge in [0.1, 0.15) is 5.75 Å². The molecule has 1 saturated heterocycles. The van der Waals surface area contributed by atoms with Crippen molar-refractivity contribution in [3.05, 3.63) is 24.3 Å². The second-order valence-electron chi connectivity index (χ2n) is 5.68. The van der Waals surface area contributed by atoms with Crippen molar-refractivity contribution in [1.82, 2.24) is 0 Å². The molecule has 142 valence electrons. The minimum absolute atomic E-state index is 0.102. The number of ether oxygens (including phenoxy) is 5. The Balaban J connectivity index is 2.25. The summed E-state index contributed by atoms with van der Waals surface area (Å²) in [6.07, 6.45) is -4.22. The normalized spacial score (nSPS) is 25.0. The largest absolute Gasteiger partial charge is 0.461 e. The fraction of sp³-hybridized carbons (Fsp3) is 0.471. The summed E-state index contributed by atoms with van der Waals surface area (Å²) in [4.78, 5) is 34.3. The Morgan fingerprint density at radius 2 is 1.46 bits per heavy atom. The summed E-state index contributed by atoms with van der Waals surface area (Å²) in [7, 11) is 0. The fourth-order valence-electron chi connectivity index (χ4n) is 2.49. The zero-order chi connectivity index (χ0) is 19.3. The SMILES string of the molecule is CC(=O)O[C@@H]1[C@@H](OC(C)=O)[C@@H](Oc2ccc(N)cc2)OC[C@H]1OC(C)=O. The summed E-state index contributed by atoms with van der Waals surface area (Å²) in [5.41, 5.74) is 6.18. The average molecular weight is 367 g/mol. The van der Waals surface area contributed by atoms with Crippen molar-refractivity contribution in [3.8, 4) is 5.75 Å². The highest BCUT2D eigenvalue weighted by molar-refractivity contribution is 5.68. The maximum absolute atomic E-state index is 11.5. The summed E-state index contributed by atoms with van der Waals surface area (Å²) in [5.74, 6) is -1.44. The lowest BCUT2D eigenvalue weighted by Gasteiger charge is -2.40. The van der Waals surface area contributed by atoms with E-state index in [-0.39, 0.29) is 6.61 Å². The van der Waals surface area contributed by atoms with Gasteiger partial charge in [0.05, 0.1) is 6.61 Å². The Kier molecular flexibility index (Phi) is 6.40. The number of nitrogens with two attached hydrogens (primary N) is 1. The lowest BCUT2D eigenvalue weighted by molar-refractivity contribution is -0.259. The van der Waals surface area contributed by atoms with E-state index in [1.54, 1.807) is 24.3 Å². The molecular weight excluding hydrogens is 346 g/mol. The Bertz CT molecular complexity index is 659. The Morgan fingerprint density at radius 1 is 0.923 bits per heavy atom. The zero-order valence-corrected chi connectivity index (χ0v) is 14.7. The van der Waals surface area contributed by atoms with E-state index in [1.807, 2.05) is 0 Å². The molecule has 26 heavy (non-hydrogen) atoms. The standard InChI is InChI=1S/C17H21NO8/c1-9(19)23-14-8-22-17(26-13-6-4-12(18)5-7-13)16(25-11(3)21)15(14)24-10(2)20/h4-7,14-17H,8,18H2,1-3H3/t14-,15+,16-,17-/m1/s1. The van der Waals surface area contributed by atoms with Gasteiger partial charge in [-0.05, 0) is 24.3 Å². The number of carbonyl (C=O) groups excluding carboxylic acids is 3. The van der Waals surface area contributed by atoms with Crippen molar-refractivity contribution >= 4 is 23.6 Å². The molecule has 1 fully saturated rings. The zero-order valence-electron chi connectivity index (χ0n) is 14.7. The number of esters is 3. The van der Waals surface area contributed by atoms with Crippen LogP contribution in [0.15, 0.2) is 24.3 Å². The number of hydrogen-bond acceptors (Lipinski definition) is 9. The molecule has 1 heterocycles. The van der Waals surface area contributed by atoms with Crippen molar-refractivity contribution < 1.29 is 38.1 Å². The first-order chi connectivity index (χ1) is 12.3. The molecule has 0 amide bonds. The first-order valence-electron chi connectivity index (χ1n) is 7.91. The quantitative estimate of drug-likeness (QED) is 0.457. The molecule has 1 aromatic rings. The van der Waals surface area contributed by atoms with Crippen LogP contribution in [0.4, 0.5) is 5.69 Å². The van der Waals surface area contributed by atoms with E-state index in [9.17, 15) is 14.4 Å². The first kappa shape index (κ1) is 19.5. The fourth-order valence-corrected chi connectivity index (χ4v) is 2.49. The number of carbonyl (C=O) groups is 3. The summed E-state index contributed by atoms with van der Waals surface area (Å²) < 4.78 is 26.9. The van der Waals surface area contributed by atoms with Crippen molar-refractivity contribution in [3.63, 3.8) is 0 Å². The third-order valence-corrected chi connectivity index (χ3v) is 3.44. The molecule has 1 aliphatic rings. The minimum atomic E-state index is -1.13. The molecule has 1 aliphatic heterocycles. The third-order valence-electron chi connectivity index (χ3n) is 3.44. The van der Waals surface area contributed by atoms with Gasteiger partial charge in [-0.15, -0.1) is 0 Å². The van der Waals surface area contributed by atoms with E-state index in [4.69, 9.17) is 29.4 Å². The lowest BCUT2D eigenvalue weighted by Crippen LogP contribution is -2.59. The number of hydrogen-bond donors (Lipinski definition) is 1. The summed E-state index contributed by atoms with van der Waals surface area (Å²) in [6.45, 7) is 3.50. The van der Waals surface area contributed by atoms with Gasteiger partial charge in [0.25, 0.3) is 0 Å². The average Bonchev–Trinajstić information content (AvgIpc) is 2.53. The van der Waals surface area contributed by atoms with Gasteiger partial charge in [-0.1, -0.05) is 0 Å².